The molecular formula is C16H12F2N2OS. The fourth-order valence-electron chi connectivity index (χ4n) is 2.06. The fraction of sp³-hybridized carbons (Fsp3) is 0.125. The predicted molar refractivity (Wildman–Crippen MR) is 83.1 cm³/mol. The highest BCUT2D eigenvalue weighted by atomic mass is 32.2. The maximum Gasteiger partial charge on any atom is 0.239 e. The summed E-state index contributed by atoms with van der Waals surface area (Å²) in [5.41, 5.74) is 1.46. The second kappa shape index (κ2) is 6.27. The van der Waals surface area contributed by atoms with Gasteiger partial charge in [-0.05, 0) is 48.4 Å². The van der Waals surface area contributed by atoms with Gasteiger partial charge in [0.25, 0.3) is 0 Å². The largest absolute Gasteiger partial charge is 0.304 e. The molecule has 22 heavy (non-hydrogen) atoms. The molecule has 112 valence electrons. The average Bonchev–Trinajstić information content (AvgIpc) is 2.84. The molecule has 1 fully saturated rings. The van der Waals surface area contributed by atoms with E-state index in [0.29, 0.717) is 17.3 Å². The first kappa shape index (κ1) is 14.7. The van der Waals surface area contributed by atoms with Crippen LogP contribution in [0.5, 0.6) is 0 Å². The fourth-order valence-corrected chi connectivity index (χ4v) is 3.09. The van der Waals surface area contributed by atoms with Gasteiger partial charge < -0.3 is 5.32 Å². The topological polar surface area (TPSA) is 41.5 Å². The SMILES string of the molecule is O=C1NC(=Nc2ccc(F)cc2)S[C@H]1Cc1ccc(F)cc1. The zero-order valence-corrected chi connectivity index (χ0v) is 12.2. The van der Waals surface area contributed by atoms with E-state index in [-0.39, 0.29) is 22.8 Å². The lowest BCUT2D eigenvalue weighted by Gasteiger charge is -2.04. The van der Waals surface area contributed by atoms with Gasteiger partial charge in [-0.3, -0.25) is 4.79 Å². The van der Waals surface area contributed by atoms with E-state index in [9.17, 15) is 13.6 Å². The van der Waals surface area contributed by atoms with Crippen molar-refractivity contribution in [3.05, 3.63) is 65.7 Å². The van der Waals surface area contributed by atoms with Gasteiger partial charge in [0.1, 0.15) is 11.6 Å². The first-order valence-corrected chi connectivity index (χ1v) is 7.54. The summed E-state index contributed by atoms with van der Waals surface area (Å²) in [6, 6.07) is 11.8. The molecule has 1 atom stereocenters. The van der Waals surface area contributed by atoms with Crippen molar-refractivity contribution >= 4 is 28.5 Å². The van der Waals surface area contributed by atoms with Gasteiger partial charge >= 0.3 is 0 Å². The number of amidine groups is 1. The second-order valence-electron chi connectivity index (χ2n) is 4.82. The van der Waals surface area contributed by atoms with Crippen LogP contribution in [-0.2, 0) is 11.2 Å². The molecule has 3 rings (SSSR count). The molecule has 2 aromatic rings. The Morgan fingerprint density at radius 2 is 1.59 bits per heavy atom. The Morgan fingerprint density at radius 1 is 1.00 bits per heavy atom. The molecule has 1 aliphatic rings. The highest BCUT2D eigenvalue weighted by Crippen LogP contribution is 2.25. The number of carbonyl (C=O) groups is 1. The minimum atomic E-state index is -0.332. The van der Waals surface area contributed by atoms with Gasteiger partial charge in [-0.1, -0.05) is 23.9 Å². The Balaban J connectivity index is 1.70. The van der Waals surface area contributed by atoms with Crippen molar-refractivity contribution in [3.63, 3.8) is 0 Å². The van der Waals surface area contributed by atoms with Crippen LogP contribution in [0.25, 0.3) is 0 Å². The summed E-state index contributed by atoms with van der Waals surface area (Å²) in [5.74, 6) is -0.762. The summed E-state index contributed by atoms with van der Waals surface area (Å²) >= 11 is 1.32. The zero-order chi connectivity index (χ0) is 15.5. The Hall–Kier alpha value is -2.21. The minimum Gasteiger partial charge on any atom is -0.304 e. The van der Waals surface area contributed by atoms with Crippen LogP contribution >= 0.6 is 11.8 Å². The molecule has 2 aromatic carbocycles. The number of rotatable bonds is 3. The summed E-state index contributed by atoms with van der Waals surface area (Å²) in [5, 5.41) is 2.89. The number of nitrogens with zero attached hydrogens (tertiary/aromatic N) is 1. The predicted octanol–water partition coefficient (Wildman–Crippen LogP) is 3.43. The first-order chi connectivity index (χ1) is 10.6. The van der Waals surface area contributed by atoms with Crippen LogP contribution in [0.2, 0.25) is 0 Å². The first-order valence-electron chi connectivity index (χ1n) is 6.66. The minimum absolute atomic E-state index is 0.129. The van der Waals surface area contributed by atoms with Gasteiger partial charge in [-0.15, -0.1) is 0 Å². The summed E-state index contributed by atoms with van der Waals surface area (Å²) in [4.78, 5) is 16.2. The molecule has 1 amide bonds. The Bertz CT molecular complexity index is 714. The molecule has 1 N–H and O–H groups in total. The number of hydrogen-bond acceptors (Lipinski definition) is 3. The monoisotopic (exact) mass is 318 g/mol. The van der Waals surface area contributed by atoms with Crippen molar-refractivity contribution in [2.24, 2.45) is 4.99 Å². The summed E-state index contributed by atoms with van der Waals surface area (Å²) in [7, 11) is 0. The number of amides is 1. The maximum absolute atomic E-state index is 12.9. The quantitative estimate of drug-likeness (QED) is 0.942. The van der Waals surface area contributed by atoms with Gasteiger partial charge in [0.15, 0.2) is 5.17 Å². The lowest BCUT2D eigenvalue weighted by atomic mass is 10.1. The van der Waals surface area contributed by atoms with E-state index in [2.05, 4.69) is 10.3 Å². The van der Waals surface area contributed by atoms with Gasteiger partial charge in [-0.25, -0.2) is 13.8 Å². The average molecular weight is 318 g/mol. The third-order valence-electron chi connectivity index (χ3n) is 3.17. The van der Waals surface area contributed by atoms with Crippen LogP contribution < -0.4 is 5.32 Å². The van der Waals surface area contributed by atoms with Crippen molar-refractivity contribution in [3.8, 4) is 0 Å². The van der Waals surface area contributed by atoms with E-state index in [1.807, 2.05) is 0 Å². The number of nitrogens with one attached hydrogen (secondary N) is 1. The van der Waals surface area contributed by atoms with Gasteiger partial charge in [-0.2, -0.15) is 0 Å². The van der Waals surface area contributed by atoms with Gasteiger partial charge in [0, 0.05) is 0 Å². The summed E-state index contributed by atoms with van der Waals surface area (Å²) in [6.07, 6.45) is 0.499. The number of aliphatic imine (C=N–C) groups is 1. The molecular weight excluding hydrogens is 306 g/mol. The van der Waals surface area contributed by atoms with E-state index in [0.717, 1.165) is 5.56 Å². The highest BCUT2D eigenvalue weighted by molar-refractivity contribution is 8.15. The van der Waals surface area contributed by atoms with E-state index < -0.39 is 0 Å². The highest BCUT2D eigenvalue weighted by Gasteiger charge is 2.30. The molecule has 0 saturated carbocycles. The normalized spacial score (nSPS) is 19.5. The lowest BCUT2D eigenvalue weighted by Crippen LogP contribution is -2.25. The molecule has 1 heterocycles. The third kappa shape index (κ3) is 3.51. The van der Waals surface area contributed by atoms with Gasteiger partial charge in [0.05, 0.1) is 10.9 Å². The lowest BCUT2D eigenvalue weighted by molar-refractivity contribution is -0.118. The van der Waals surface area contributed by atoms with Crippen molar-refractivity contribution in [1.29, 1.82) is 0 Å². The van der Waals surface area contributed by atoms with E-state index in [1.165, 1.54) is 36.0 Å². The molecule has 0 aliphatic carbocycles. The Labute approximate surface area is 130 Å². The Kier molecular flexibility index (Phi) is 4.20. The molecule has 3 nitrogen and oxygen atoms in total. The van der Waals surface area contributed by atoms with Gasteiger partial charge in [0.2, 0.25) is 5.91 Å². The van der Waals surface area contributed by atoms with Crippen LogP contribution in [-0.4, -0.2) is 16.3 Å². The molecule has 6 heteroatoms. The van der Waals surface area contributed by atoms with E-state index in [1.54, 1.807) is 24.3 Å². The third-order valence-corrected chi connectivity index (χ3v) is 4.25. The number of thioether (sulfide) groups is 1. The summed E-state index contributed by atoms with van der Waals surface area (Å²) < 4.78 is 25.7. The molecule has 0 radical (unpaired) electrons. The van der Waals surface area contributed by atoms with Crippen molar-refractivity contribution in [2.45, 2.75) is 11.7 Å². The number of halogens is 2. The van der Waals surface area contributed by atoms with Crippen LogP contribution in [0.1, 0.15) is 5.56 Å². The molecule has 0 bridgehead atoms. The van der Waals surface area contributed by atoms with Crippen molar-refractivity contribution in [2.75, 3.05) is 0 Å². The van der Waals surface area contributed by atoms with Crippen molar-refractivity contribution < 1.29 is 13.6 Å². The molecule has 0 spiro atoms. The molecule has 1 saturated heterocycles. The smallest absolute Gasteiger partial charge is 0.239 e. The molecule has 0 unspecified atom stereocenters. The Morgan fingerprint density at radius 3 is 2.23 bits per heavy atom. The standard InChI is InChI=1S/C16H12F2N2OS/c17-11-3-1-10(2-4-11)9-14-15(21)20-16(22-14)19-13-7-5-12(18)6-8-13/h1-8,14H,9H2,(H,19,20,21)/t14-/m0/s1. The molecule has 1 aliphatic heterocycles. The van der Waals surface area contributed by atoms with E-state index >= 15 is 0 Å². The zero-order valence-electron chi connectivity index (χ0n) is 11.4. The second-order valence-corrected chi connectivity index (χ2v) is 6.01. The maximum atomic E-state index is 12.9. The summed E-state index contributed by atoms with van der Waals surface area (Å²) in [6.45, 7) is 0. The van der Waals surface area contributed by atoms with Crippen molar-refractivity contribution in [1.82, 2.24) is 5.32 Å². The van der Waals surface area contributed by atoms with Crippen LogP contribution in [0, 0.1) is 11.6 Å². The number of hydrogen-bond donors (Lipinski definition) is 1. The van der Waals surface area contributed by atoms with Crippen LogP contribution in [0.4, 0.5) is 14.5 Å². The molecule has 0 aromatic heterocycles. The van der Waals surface area contributed by atoms with E-state index in [4.69, 9.17) is 0 Å². The van der Waals surface area contributed by atoms with Crippen LogP contribution in [0.15, 0.2) is 53.5 Å². The van der Waals surface area contributed by atoms with Crippen LogP contribution in [0.3, 0.4) is 0 Å². The number of carbonyl (C=O) groups excluding carboxylic acids is 1. The number of benzene rings is 2.